The van der Waals surface area contributed by atoms with Gasteiger partial charge in [0.1, 0.15) is 10.3 Å². The normalized spacial score (nSPS) is 19.6. The molecule has 7 nitrogen and oxygen atoms in total. The first-order chi connectivity index (χ1) is 12.8. The largest absolute Gasteiger partial charge is 0.393 e. The Morgan fingerprint density at radius 1 is 1.37 bits per heavy atom. The van der Waals surface area contributed by atoms with Crippen molar-refractivity contribution in [2.24, 2.45) is 11.5 Å². The number of nitrogens with zero attached hydrogens (tertiary/aromatic N) is 2. The van der Waals surface area contributed by atoms with Gasteiger partial charge in [-0.3, -0.25) is 4.79 Å². The smallest absolute Gasteiger partial charge is 0.232 e. The van der Waals surface area contributed by atoms with Crippen molar-refractivity contribution in [3.8, 4) is 11.3 Å². The second-order valence-electron chi connectivity index (χ2n) is 6.27. The second-order valence-corrected chi connectivity index (χ2v) is 8.22. The maximum atomic E-state index is 11.8. The summed E-state index contributed by atoms with van der Waals surface area (Å²) in [6, 6.07) is 4.53. The lowest BCUT2D eigenvalue weighted by Gasteiger charge is -2.15. The molecular formula is C17H19Cl2N5O2S. The van der Waals surface area contributed by atoms with Gasteiger partial charge in [-0.25, -0.2) is 9.97 Å². The summed E-state index contributed by atoms with van der Waals surface area (Å²) in [5.41, 5.74) is 13.7. The maximum absolute atomic E-state index is 11.8. The van der Waals surface area contributed by atoms with Crippen LogP contribution in [0, 0.1) is 0 Å². The van der Waals surface area contributed by atoms with E-state index in [1.165, 1.54) is 11.8 Å². The Bertz CT molecular complexity index is 881. The number of halogens is 2. The molecule has 0 radical (unpaired) electrons. The monoisotopic (exact) mass is 427 g/mol. The maximum Gasteiger partial charge on any atom is 0.232 e. The lowest BCUT2D eigenvalue weighted by Crippen LogP contribution is -2.33. The van der Waals surface area contributed by atoms with Gasteiger partial charge in [-0.15, -0.1) is 0 Å². The Hall–Kier alpha value is -1.58. The van der Waals surface area contributed by atoms with Crippen molar-refractivity contribution in [3.05, 3.63) is 33.8 Å². The summed E-state index contributed by atoms with van der Waals surface area (Å²) in [5, 5.41) is 13.3. The molecule has 3 atom stereocenters. The molecule has 1 aromatic heterocycles. The molecule has 2 heterocycles. The summed E-state index contributed by atoms with van der Waals surface area (Å²) in [5.74, 6) is -0.130. The molecule has 1 amide bonds. The number of benzene rings is 1. The van der Waals surface area contributed by atoms with E-state index in [1.807, 2.05) is 0 Å². The van der Waals surface area contributed by atoms with E-state index >= 15 is 0 Å². The van der Waals surface area contributed by atoms with E-state index in [4.69, 9.17) is 34.7 Å². The number of thioether (sulfide) groups is 1. The van der Waals surface area contributed by atoms with Crippen LogP contribution in [-0.4, -0.2) is 38.9 Å². The predicted octanol–water partition coefficient (Wildman–Crippen LogP) is 2.59. The number of rotatable bonds is 6. The van der Waals surface area contributed by atoms with Crippen LogP contribution in [0.5, 0.6) is 0 Å². The SMILES string of the molecule is CC(O)CCNc1nc2c(c(-c3ccc(Cl)c(Cl)c3)n1)C(N)C(C(N)=O)S2. The summed E-state index contributed by atoms with van der Waals surface area (Å²) >= 11 is 13.4. The molecule has 1 aromatic carbocycles. The lowest BCUT2D eigenvalue weighted by atomic mass is 9.99. The van der Waals surface area contributed by atoms with Crippen LogP contribution >= 0.6 is 35.0 Å². The van der Waals surface area contributed by atoms with Gasteiger partial charge in [0, 0.05) is 17.7 Å². The number of nitrogens with two attached hydrogens (primary N) is 2. The molecule has 1 aliphatic rings. The highest BCUT2D eigenvalue weighted by Gasteiger charge is 2.39. The number of fused-ring (bicyclic) bond motifs is 1. The van der Waals surface area contributed by atoms with Crippen LogP contribution in [0.25, 0.3) is 11.3 Å². The second kappa shape index (κ2) is 8.20. The third-order valence-corrected chi connectivity index (χ3v) is 6.18. The summed E-state index contributed by atoms with van der Waals surface area (Å²) in [4.78, 5) is 20.8. The van der Waals surface area contributed by atoms with Gasteiger partial charge < -0.3 is 21.9 Å². The average Bonchev–Trinajstić information content (AvgIpc) is 2.93. The Balaban J connectivity index is 2.05. The van der Waals surface area contributed by atoms with Gasteiger partial charge in [0.15, 0.2) is 0 Å². The van der Waals surface area contributed by atoms with Crippen LogP contribution in [0.4, 0.5) is 5.95 Å². The number of hydrogen-bond donors (Lipinski definition) is 4. The van der Waals surface area contributed by atoms with Crippen LogP contribution in [0.3, 0.4) is 0 Å². The summed E-state index contributed by atoms with van der Waals surface area (Å²) in [6.45, 7) is 2.20. The van der Waals surface area contributed by atoms with Crippen molar-refractivity contribution in [2.75, 3.05) is 11.9 Å². The number of anilines is 1. The minimum atomic E-state index is -0.626. The van der Waals surface area contributed by atoms with Gasteiger partial charge in [-0.2, -0.15) is 0 Å². The molecule has 3 unspecified atom stereocenters. The van der Waals surface area contributed by atoms with E-state index < -0.39 is 23.3 Å². The highest BCUT2D eigenvalue weighted by Crippen LogP contribution is 2.46. The van der Waals surface area contributed by atoms with Crippen molar-refractivity contribution in [1.29, 1.82) is 0 Å². The molecule has 6 N–H and O–H groups in total. The molecule has 2 aromatic rings. The molecule has 0 saturated carbocycles. The van der Waals surface area contributed by atoms with Gasteiger partial charge in [0.05, 0.1) is 27.9 Å². The number of aromatic nitrogens is 2. The van der Waals surface area contributed by atoms with Crippen molar-refractivity contribution in [2.45, 2.75) is 35.8 Å². The molecule has 0 bridgehead atoms. The van der Waals surface area contributed by atoms with Crippen LogP contribution in [-0.2, 0) is 4.79 Å². The van der Waals surface area contributed by atoms with E-state index in [0.29, 0.717) is 50.8 Å². The van der Waals surface area contributed by atoms with E-state index in [0.717, 1.165) is 0 Å². The fraction of sp³-hybridized carbons (Fsp3) is 0.353. The van der Waals surface area contributed by atoms with Crippen molar-refractivity contribution < 1.29 is 9.90 Å². The number of carbonyl (C=O) groups excluding carboxylic acids is 1. The minimum Gasteiger partial charge on any atom is -0.393 e. The van der Waals surface area contributed by atoms with Crippen molar-refractivity contribution >= 4 is 46.8 Å². The van der Waals surface area contributed by atoms with Gasteiger partial charge in [0.25, 0.3) is 0 Å². The van der Waals surface area contributed by atoms with Crippen LogP contribution in [0.2, 0.25) is 10.0 Å². The van der Waals surface area contributed by atoms with Gasteiger partial charge in [-0.05, 0) is 25.5 Å². The predicted molar refractivity (Wildman–Crippen MR) is 108 cm³/mol. The fourth-order valence-corrected chi connectivity index (χ4v) is 4.19. The zero-order chi connectivity index (χ0) is 19.7. The Kier molecular flexibility index (Phi) is 6.12. The molecule has 3 rings (SSSR count). The lowest BCUT2D eigenvalue weighted by molar-refractivity contribution is -0.117. The molecule has 0 saturated heterocycles. The molecule has 0 fully saturated rings. The third-order valence-electron chi connectivity index (χ3n) is 4.13. The molecule has 0 spiro atoms. The summed E-state index contributed by atoms with van der Waals surface area (Å²) < 4.78 is 0. The zero-order valence-corrected chi connectivity index (χ0v) is 16.8. The first-order valence-electron chi connectivity index (χ1n) is 8.28. The number of hydrogen-bond acceptors (Lipinski definition) is 7. The van der Waals surface area contributed by atoms with Gasteiger partial charge in [-0.1, -0.05) is 41.0 Å². The number of amides is 1. The van der Waals surface area contributed by atoms with Crippen molar-refractivity contribution in [1.82, 2.24) is 9.97 Å². The van der Waals surface area contributed by atoms with Crippen molar-refractivity contribution in [3.63, 3.8) is 0 Å². The summed E-state index contributed by atoms with van der Waals surface area (Å²) in [7, 11) is 0. The average molecular weight is 428 g/mol. The third kappa shape index (κ3) is 4.30. The molecular weight excluding hydrogens is 409 g/mol. The fourth-order valence-electron chi connectivity index (χ4n) is 2.75. The highest BCUT2D eigenvalue weighted by atomic mass is 35.5. The van der Waals surface area contributed by atoms with Gasteiger partial charge >= 0.3 is 0 Å². The zero-order valence-electron chi connectivity index (χ0n) is 14.4. The Labute approximate surface area is 170 Å². The topological polar surface area (TPSA) is 127 Å². The van der Waals surface area contributed by atoms with E-state index in [2.05, 4.69) is 15.3 Å². The minimum absolute atomic E-state index is 0.375. The van der Waals surface area contributed by atoms with E-state index in [-0.39, 0.29) is 0 Å². The quantitative estimate of drug-likeness (QED) is 0.521. The van der Waals surface area contributed by atoms with E-state index in [9.17, 15) is 9.90 Å². The molecule has 27 heavy (non-hydrogen) atoms. The van der Waals surface area contributed by atoms with Crippen LogP contribution in [0.1, 0.15) is 24.9 Å². The number of nitrogens with one attached hydrogen (secondary N) is 1. The highest BCUT2D eigenvalue weighted by molar-refractivity contribution is 8.01. The number of carbonyl (C=O) groups is 1. The number of primary amides is 1. The van der Waals surface area contributed by atoms with Crippen LogP contribution < -0.4 is 16.8 Å². The number of aliphatic hydroxyl groups is 1. The molecule has 1 aliphatic heterocycles. The number of aliphatic hydroxyl groups excluding tert-OH is 1. The van der Waals surface area contributed by atoms with Gasteiger partial charge in [0.2, 0.25) is 11.9 Å². The van der Waals surface area contributed by atoms with E-state index in [1.54, 1.807) is 25.1 Å². The molecule has 0 aliphatic carbocycles. The summed E-state index contributed by atoms with van der Waals surface area (Å²) in [6.07, 6.45) is 0.0996. The molecule has 10 heteroatoms. The Morgan fingerprint density at radius 3 is 2.74 bits per heavy atom. The molecule has 144 valence electrons. The first-order valence-corrected chi connectivity index (χ1v) is 9.92. The Morgan fingerprint density at radius 2 is 2.11 bits per heavy atom. The first kappa shape index (κ1) is 20.2. The standard InChI is InChI=1S/C17H19Cl2N5O2S/c1-7(25)4-5-22-17-23-13(8-2-3-9(18)10(19)6-8)11-12(20)14(15(21)26)27-16(11)24-17/h2-3,6-7,12,14,25H,4-5,20H2,1H3,(H2,21,26)(H,22,23,24). The van der Waals surface area contributed by atoms with Crippen LogP contribution in [0.15, 0.2) is 23.2 Å².